The number of nitrogens with zero attached hydrogens (tertiary/aromatic N) is 2. The zero-order valence-corrected chi connectivity index (χ0v) is 12.6. The number of pyridine rings is 1. The summed E-state index contributed by atoms with van der Waals surface area (Å²) in [5, 5.41) is 6.29. The molecule has 1 saturated heterocycles. The second-order valence-corrected chi connectivity index (χ2v) is 5.40. The minimum atomic E-state index is 0.0440. The quantitative estimate of drug-likeness (QED) is 0.849. The third-order valence-electron chi connectivity index (χ3n) is 3.58. The summed E-state index contributed by atoms with van der Waals surface area (Å²) in [6, 6.07) is 2.44. The van der Waals surface area contributed by atoms with Crippen molar-refractivity contribution in [3.8, 4) is 0 Å². The number of carbonyl (C=O) groups is 1. The van der Waals surface area contributed by atoms with Crippen molar-refractivity contribution in [2.24, 2.45) is 0 Å². The van der Waals surface area contributed by atoms with Gasteiger partial charge in [0.15, 0.2) is 0 Å². The SMILES string of the molecule is CCNCc1cnc(N2CCC(NC(C)=O)C2)c(C)c1. The van der Waals surface area contributed by atoms with Crippen molar-refractivity contribution in [2.45, 2.75) is 39.8 Å². The van der Waals surface area contributed by atoms with Crippen LogP contribution in [0.1, 0.15) is 31.4 Å². The van der Waals surface area contributed by atoms with Crippen LogP contribution in [0.3, 0.4) is 0 Å². The molecule has 0 spiro atoms. The van der Waals surface area contributed by atoms with Crippen LogP contribution in [-0.4, -0.2) is 36.6 Å². The van der Waals surface area contributed by atoms with Crippen molar-refractivity contribution in [3.63, 3.8) is 0 Å². The lowest BCUT2D eigenvalue weighted by Gasteiger charge is -2.20. The molecule has 1 aliphatic heterocycles. The van der Waals surface area contributed by atoms with Gasteiger partial charge in [0.25, 0.3) is 0 Å². The van der Waals surface area contributed by atoms with Crippen molar-refractivity contribution in [1.29, 1.82) is 0 Å². The lowest BCUT2D eigenvalue weighted by atomic mass is 10.2. The number of hydrogen-bond acceptors (Lipinski definition) is 4. The lowest BCUT2D eigenvalue weighted by Crippen LogP contribution is -2.35. The number of aryl methyl sites for hydroxylation is 1. The monoisotopic (exact) mass is 276 g/mol. The summed E-state index contributed by atoms with van der Waals surface area (Å²) in [6.07, 6.45) is 2.93. The van der Waals surface area contributed by atoms with E-state index in [0.717, 1.165) is 38.4 Å². The lowest BCUT2D eigenvalue weighted by molar-refractivity contribution is -0.119. The van der Waals surface area contributed by atoms with Crippen LogP contribution in [0.4, 0.5) is 5.82 Å². The van der Waals surface area contributed by atoms with Crippen LogP contribution in [0.25, 0.3) is 0 Å². The van der Waals surface area contributed by atoms with Gasteiger partial charge in [0.2, 0.25) is 5.91 Å². The molecule has 2 N–H and O–H groups in total. The molecule has 2 rings (SSSR count). The highest BCUT2D eigenvalue weighted by Gasteiger charge is 2.24. The van der Waals surface area contributed by atoms with Gasteiger partial charge < -0.3 is 15.5 Å². The highest BCUT2D eigenvalue weighted by atomic mass is 16.1. The Balaban J connectivity index is 2.01. The van der Waals surface area contributed by atoms with Gasteiger partial charge in [-0.3, -0.25) is 4.79 Å². The molecule has 0 aliphatic carbocycles. The van der Waals surface area contributed by atoms with Crippen molar-refractivity contribution >= 4 is 11.7 Å². The fraction of sp³-hybridized carbons (Fsp3) is 0.600. The molecule has 1 aromatic rings. The zero-order chi connectivity index (χ0) is 14.5. The van der Waals surface area contributed by atoms with Crippen LogP contribution in [0.15, 0.2) is 12.3 Å². The summed E-state index contributed by atoms with van der Waals surface area (Å²) in [5.74, 6) is 1.08. The maximum absolute atomic E-state index is 11.1. The van der Waals surface area contributed by atoms with E-state index in [0.29, 0.717) is 0 Å². The minimum absolute atomic E-state index is 0.0440. The molecule has 0 radical (unpaired) electrons. The molecule has 1 atom stereocenters. The van der Waals surface area contributed by atoms with Gasteiger partial charge in [-0.05, 0) is 37.1 Å². The Morgan fingerprint density at radius 2 is 2.35 bits per heavy atom. The van der Waals surface area contributed by atoms with E-state index in [4.69, 9.17) is 0 Å². The first-order valence-corrected chi connectivity index (χ1v) is 7.28. The Labute approximate surface area is 120 Å². The van der Waals surface area contributed by atoms with Gasteiger partial charge in [0.1, 0.15) is 5.82 Å². The molecular weight excluding hydrogens is 252 g/mol. The standard InChI is InChI=1S/C15H24N4O/c1-4-16-8-13-7-11(2)15(17-9-13)19-6-5-14(10-19)18-12(3)20/h7,9,14,16H,4-6,8,10H2,1-3H3,(H,18,20). The number of rotatable bonds is 5. The topological polar surface area (TPSA) is 57.3 Å². The van der Waals surface area contributed by atoms with E-state index >= 15 is 0 Å². The normalized spacial score (nSPS) is 18.4. The second-order valence-electron chi connectivity index (χ2n) is 5.40. The summed E-state index contributed by atoms with van der Waals surface area (Å²) in [4.78, 5) is 18.0. The van der Waals surface area contributed by atoms with E-state index in [-0.39, 0.29) is 11.9 Å². The largest absolute Gasteiger partial charge is 0.354 e. The van der Waals surface area contributed by atoms with Crippen molar-refractivity contribution in [3.05, 3.63) is 23.4 Å². The first-order valence-electron chi connectivity index (χ1n) is 7.28. The summed E-state index contributed by atoms with van der Waals surface area (Å²) in [5.41, 5.74) is 2.41. The molecule has 1 aromatic heterocycles. The predicted molar refractivity (Wildman–Crippen MR) is 80.8 cm³/mol. The van der Waals surface area contributed by atoms with Gasteiger partial charge in [-0.2, -0.15) is 0 Å². The van der Waals surface area contributed by atoms with Crippen molar-refractivity contribution in [2.75, 3.05) is 24.5 Å². The van der Waals surface area contributed by atoms with Crippen LogP contribution in [0.5, 0.6) is 0 Å². The Morgan fingerprint density at radius 1 is 1.55 bits per heavy atom. The number of amides is 1. The Kier molecular flexibility index (Phi) is 4.95. The molecule has 1 amide bonds. The zero-order valence-electron chi connectivity index (χ0n) is 12.6. The average Bonchev–Trinajstić information content (AvgIpc) is 2.83. The molecule has 2 heterocycles. The van der Waals surface area contributed by atoms with Crippen LogP contribution in [0, 0.1) is 6.92 Å². The average molecular weight is 276 g/mol. The highest BCUT2D eigenvalue weighted by molar-refractivity contribution is 5.73. The van der Waals surface area contributed by atoms with Crippen LogP contribution in [-0.2, 0) is 11.3 Å². The third kappa shape index (κ3) is 3.70. The van der Waals surface area contributed by atoms with Gasteiger partial charge in [-0.1, -0.05) is 6.92 Å². The smallest absolute Gasteiger partial charge is 0.217 e. The molecule has 110 valence electrons. The number of anilines is 1. The van der Waals surface area contributed by atoms with E-state index < -0.39 is 0 Å². The summed E-state index contributed by atoms with van der Waals surface area (Å²) in [6.45, 7) is 9.39. The first kappa shape index (κ1) is 14.8. The molecular formula is C15H24N4O. The van der Waals surface area contributed by atoms with Crippen LogP contribution >= 0.6 is 0 Å². The summed E-state index contributed by atoms with van der Waals surface area (Å²) < 4.78 is 0. The number of hydrogen-bond donors (Lipinski definition) is 2. The van der Waals surface area contributed by atoms with Crippen LogP contribution in [0.2, 0.25) is 0 Å². The minimum Gasteiger partial charge on any atom is -0.354 e. The van der Waals surface area contributed by atoms with Gasteiger partial charge in [0, 0.05) is 38.8 Å². The van der Waals surface area contributed by atoms with Crippen molar-refractivity contribution in [1.82, 2.24) is 15.6 Å². The van der Waals surface area contributed by atoms with Crippen molar-refractivity contribution < 1.29 is 4.79 Å². The second kappa shape index (κ2) is 6.70. The molecule has 1 fully saturated rings. The van der Waals surface area contributed by atoms with Gasteiger partial charge in [-0.15, -0.1) is 0 Å². The fourth-order valence-electron chi connectivity index (χ4n) is 2.68. The number of carbonyl (C=O) groups excluding carboxylic acids is 1. The number of nitrogens with one attached hydrogen (secondary N) is 2. The molecule has 20 heavy (non-hydrogen) atoms. The molecule has 0 bridgehead atoms. The van der Waals surface area contributed by atoms with E-state index in [9.17, 15) is 4.79 Å². The van der Waals surface area contributed by atoms with Gasteiger partial charge >= 0.3 is 0 Å². The Hall–Kier alpha value is -1.62. The molecule has 5 nitrogen and oxygen atoms in total. The molecule has 1 aliphatic rings. The maximum atomic E-state index is 11.1. The van der Waals surface area contributed by atoms with E-state index in [1.807, 2.05) is 6.20 Å². The molecule has 1 unspecified atom stereocenters. The molecule has 0 aromatic carbocycles. The molecule has 5 heteroatoms. The third-order valence-corrected chi connectivity index (χ3v) is 3.58. The maximum Gasteiger partial charge on any atom is 0.217 e. The van der Waals surface area contributed by atoms with E-state index in [1.165, 1.54) is 11.1 Å². The molecule has 0 saturated carbocycles. The van der Waals surface area contributed by atoms with Crippen LogP contribution < -0.4 is 15.5 Å². The number of aromatic nitrogens is 1. The van der Waals surface area contributed by atoms with Gasteiger partial charge in [0.05, 0.1) is 0 Å². The Bertz CT molecular complexity index is 475. The summed E-state index contributed by atoms with van der Waals surface area (Å²) in [7, 11) is 0. The summed E-state index contributed by atoms with van der Waals surface area (Å²) >= 11 is 0. The predicted octanol–water partition coefficient (Wildman–Crippen LogP) is 1.21. The van der Waals surface area contributed by atoms with Gasteiger partial charge in [-0.25, -0.2) is 4.98 Å². The van der Waals surface area contributed by atoms with E-state index in [2.05, 4.69) is 40.4 Å². The van der Waals surface area contributed by atoms with E-state index in [1.54, 1.807) is 6.92 Å². The fourth-order valence-corrected chi connectivity index (χ4v) is 2.68. The first-order chi connectivity index (χ1) is 9.60. The Morgan fingerprint density at radius 3 is 3.00 bits per heavy atom. The highest BCUT2D eigenvalue weighted by Crippen LogP contribution is 2.22.